The average Bonchev–Trinajstić information content (AvgIpc) is 2.81. The first-order chi connectivity index (χ1) is 9.09. The van der Waals surface area contributed by atoms with Gasteiger partial charge in [0.25, 0.3) is 0 Å². The molecular weight excluding hydrogens is 266 g/mol. The Morgan fingerprint density at radius 3 is 2.79 bits per heavy atom. The predicted octanol–water partition coefficient (Wildman–Crippen LogP) is 1.49. The molecule has 0 fully saturated rings. The maximum Gasteiger partial charge on any atom is 0.313 e. The zero-order valence-electron chi connectivity index (χ0n) is 10.5. The number of aliphatic carboxylic acids is 1. The van der Waals surface area contributed by atoms with Crippen molar-refractivity contribution in [3.63, 3.8) is 0 Å². The zero-order chi connectivity index (χ0) is 13.8. The Labute approximate surface area is 114 Å². The molecule has 0 aliphatic carbocycles. The van der Waals surface area contributed by atoms with Gasteiger partial charge in [-0.15, -0.1) is 10.2 Å². The van der Waals surface area contributed by atoms with Crippen molar-refractivity contribution in [2.45, 2.75) is 25.0 Å². The van der Waals surface area contributed by atoms with Crippen LogP contribution in [0.5, 0.6) is 0 Å². The lowest BCUT2D eigenvalue weighted by Gasteiger charge is -2.12. The first-order valence-electron chi connectivity index (χ1n) is 5.65. The fourth-order valence-corrected chi connectivity index (χ4v) is 2.34. The maximum absolute atomic E-state index is 10.6. The van der Waals surface area contributed by atoms with Gasteiger partial charge in [-0.3, -0.25) is 14.3 Å². The minimum absolute atomic E-state index is 0.0503. The number of carbonyl (C=O) groups is 1. The number of aromatic nitrogens is 5. The summed E-state index contributed by atoms with van der Waals surface area (Å²) >= 11 is 1.14. The summed E-state index contributed by atoms with van der Waals surface area (Å²) in [4.78, 5) is 18.8. The summed E-state index contributed by atoms with van der Waals surface area (Å²) < 4.78 is 1.86. The van der Waals surface area contributed by atoms with Crippen molar-refractivity contribution in [1.29, 1.82) is 0 Å². The van der Waals surface area contributed by atoms with Crippen LogP contribution in [0.1, 0.15) is 19.9 Å². The van der Waals surface area contributed by atoms with Gasteiger partial charge in [-0.2, -0.15) is 0 Å². The van der Waals surface area contributed by atoms with Crippen molar-refractivity contribution in [3.8, 4) is 11.5 Å². The highest BCUT2D eigenvalue weighted by atomic mass is 32.2. The second kappa shape index (κ2) is 5.79. The maximum atomic E-state index is 10.6. The van der Waals surface area contributed by atoms with Crippen LogP contribution in [-0.4, -0.2) is 41.6 Å². The molecule has 0 saturated heterocycles. The molecule has 0 aliphatic heterocycles. The number of rotatable bonds is 5. The first-order valence-corrected chi connectivity index (χ1v) is 6.64. The summed E-state index contributed by atoms with van der Waals surface area (Å²) in [5.41, 5.74) is 0.617. The molecule has 0 aromatic carbocycles. The van der Waals surface area contributed by atoms with E-state index in [4.69, 9.17) is 5.11 Å². The van der Waals surface area contributed by atoms with E-state index >= 15 is 0 Å². The average molecular weight is 279 g/mol. The standard InChI is InChI=1S/C11H13N5O2S/c1-7(2)16-10(8-5-12-3-4-13-8)14-15-11(16)19-6-9(17)18/h3-5,7H,6H2,1-2H3,(H,17,18). The molecule has 0 saturated carbocycles. The molecule has 100 valence electrons. The molecule has 0 radical (unpaired) electrons. The van der Waals surface area contributed by atoms with Crippen LogP contribution in [0.3, 0.4) is 0 Å². The zero-order valence-corrected chi connectivity index (χ0v) is 11.3. The van der Waals surface area contributed by atoms with Gasteiger partial charge in [0.2, 0.25) is 0 Å². The van der Waals surface area contributed by atoms with Crippen LogP contribution >= 0.6 is 11.8 Å². The third kappa shape index (κ3) is 3.08. The van der Waals surface area contributed by atoms with Crippen molar-refractivity contribution in [2.75, 3.05) is 5.75 Å². The summed E-state index contributed by atoms with van der Waals surface area (Å²) in [5.74, 6) is -0.342. The highest BCUT2D eigenvalue weighted by Gasteiger charge is 2.18. The number of nitrogens with zero attached hydrogens (tertiary/aromatic N) is 5. The Bertz CT molecular complexity index is 570. The number of carboxylic acid groups (broad SMARTS) is 1. The number of carboxylic acids is 1. The number of hydrogen-bond acceptors (Lipinski definition) is 6. The van der Waals surface area contributed by atoms with Crippen molar-refractivity contribution in [3.05, 3.63) is 18.6 Å². The summed E-state index contributed by atoms with van der Waals surface area (Å²) in [6.07, 6.45) is 4.77. The van der Waals surface area contributed by atoms with Crippen molar-refractivity contribution < 1.29 is 9.90 Å². The highest BCUT2D eigenvalue weighted by Crippen LogP contribution is 2.25. The van der Waals surface area contributed by atoms with Crippen LogP contribution in [0.2, 0.25) is 0 Å². The van der Waals surface area contributed by atoms with Gasteiger partial charge in [0.05, 0.1) is 11.9 Å². The second-order valence-electron chi connectivity index (χ2n) is 4.04. The van der Waals surface area contributed by atoms with Gasteiger partial charge in [-0.1, -0.05) is 11.8 Å². The molecule has 8 heteroatoms. The van der Waals surface area contributed by atoms with E-state index in [9.17, 15) is 4.79 Å². The SMILES string of the molecule is CC(C)n1c(SCC(=O)O)nnc1-c1cnccn1. The van der Waals surface area contributed by atoms with Crippen LogP contribution in [0.4, 0.5) is 0 Å². The van der Waals surface area contributed by atoms with Crippen LogP contribution < -0.4 is 0 Å². The normalized spacial score (nSPS) is 10.9. The van der Waals surface area contributed by atoms with E-state index in [-0.39, 0.29) is 11.8 Å². The van der Waals surface area contributed by atoms with Crippen molar-refractivity contribution in [1.82, 2.24) is 24.7 Å². The lowest BCUT2D eigenvalue weighted by Crippen LogP contribution is -2.07. The Morgan fingerprint density at radius 1 is 1.42 bits per heavy atom. The Morgan fingerprint density at radius 2 is 2.21 bits per heavy atom. The smallest absolute Gasteiger partial charge is 0.313 e. The first kappa shape index (κ1) is 13.5. The molecule has 2 rings (SSSR count). The minimum Gasteiger partial charge on any atom is -0.481 e. The van der Waals surface area contributed by atoms with Gasteiger partial charge in [0, 0.05) is 18.4 Å². The molecule has 2 aromatic heterocycles. The van der Waals surface area contributed by atoms with Gasteiger partial charge in [0.15, 0.2) is 11.0 Å². The fraction of sp³-hybridized carbons (Fsp3) is 0.364. The van der Waals surface area contributed by atoms with Crippen molar-refractivity contribution >= 4 is 17.7 Å². The quantitative estimate of drug-likeness (QED) is 0.828. The van der Waals surface area contributed by atoms with Gasteiger partial charge >= 0.3 is 5.97 Å². The van der Waals surface area contributed by atoms with Crippen LogP contribution in [0, 0.1) is 0 Å². The van der Waals surface area contributed by atoms with E-state index in [1.807, 2.05) is 18.4 Å². The monoisotopic (exact) mass is 279 g/mol. The molecule has 7 nitrogen and oxygen atoms in total. The number of hydrogen-bond donors (Lipinski definition) is 1. The van der Waals surface area contributed by atoms with E-state index in [1.54, 1.807) is 18.6 Å². The van der Waals surface area contributed by atoms with Gasteiger partial charge in [0.1, 0.15) is 5.69 Å². The molecule has 19 heavy (non-hydrogen) atoms. The van der Waals surface area contributed by atoms with Gasteiger partial charge in [-0.25, -0.2) is 4.98 Å². The third-order valence-electron chi connectivity index (χ3n) is 2.30. The van der Waals surface area contributed by atoms with E-state index in [2.05, 4.69) is 20.2 Å². The largest absolute Gasteiger partial charge is 0.481 e. The van der Waals surface area contributed by atoms with Crippen LogP contribution in [0.25, 0.3) is 11.5 Å². The molecule has 0 unspecified atom stereocenters. The number of thioether (sulfide) groups is 1. The summed E-state index contributed by atoms with van der Waals surface area (Å²) in [5, 5.41) is 17.4. The van der Waals surface area contributed by atoms with Crippen LogP contribution in [-0.2, 0) is 4.79 Å². The minimum atomic E-state index is -0.885. The molecule has 0 spiro atoms. The molecule has 0 amide bonds. The summed E-state index contributed by atoms with van der Waals surface area (Å²) in [6, 6.07) is 0.100. The third-order valence-corrected chi connectivity index (χ3v) is 3.23. The predicted molar refractivity (Wildman–Crippen MR) is 69.8 cm³/mol. The van der Waals surface area contributed by atoms with Gasteiger partial charge < -0.3 is 5.11 Å². The molecular formula is C11H13N5O2S. The van der Waals surface area contributed by atoms with E-state index < -0.39 is 5.97 Å². The molecule has 0 bridgehead atoms. The highest BCUT2D eigenvalue weighted by molar-refractivity contribution is 7.99. The molecule has 0 aliphatic rings. The lowest BCUT2D eigenvalue weighted by molar-refractivity contribution is -0.133. The molecule has 1 N–H and O–H groups in total. The fourth-order valence-electron chi connectivity index (χ4n) is 1.56. The Hall–Kier alpha value is -1.96. The summed E-state index contributed by atoms with van der Waals surface area (Å²) in [6.45, 7) is 3.96. The molecule has 2 aromatic rings. The lowest BCUT2D eigenvalue weighted by atomic mass is 10.3. The van der Waals surface area contributed by atoms with Crippen LogP contribution in [0.15, 0.2) is 23.7 Å². The Balaban J connectivity index is 2.37. The molecule has 2 heterocycles. The van der Waals surface area contributed by atoms with E-state index in [0.717, 1.165) is 11.8 Å². The second-order valence-corrected chi connectivity index (χ2v) is 4.99. The van der Waals surface area contributed by atoms with Crippen molar-refractivity contribution in [2.24, 2.45) is 0 Å². The molecule has 0 atom stereocenters. The van der Waals surface area contributed by atoms with Gasteiger partial charge in [-0.05, 0) is 13.8 Å². The van der Waals surface area contributed by atoms with E-state index in [1.165, 1.54) is 0 Å². The van der Waals surface area contributed by atoms with E-state index in [0.29, 0.717) is 16.7 Å². The Kier molecular flexibility index (Phi) is 4.10. The topological polar surface area (TPSA) is 93.8 Å². The summed E-state index contributed by atoms with van der Waals surface area (Å²) in [7, 11) is 0.